The zero-order chi connectivity index (χ0) is 15.9. The Hall–Kier alpha value is -1.44. The van der Waals surface area contributed by atoms with Gasteiger partial charge in [0.2, 0.25) is 5.29 Å². The van der Waals surface area contributed by atoms with Crippen LogP contribution in [0.4, 0.5) is 0 Å². The summed E-state index contributed by atoms with van der Waals surface area (Å²) in [5.41, 5.74) is -1.09. The molecule has 0 aromatic rings. The van der Waals surface area contributed by atoms with E-state index in [1.165, 1.54) is 0 Å². The van der Waals surface area contributed by atoms with Gasteiger partial charge in [-0.1, -0.05) is 6.58 Å². The lowest BCUT2D eigenvalue weighted by molar-refractivity contribution is 0.0663. The second-order valence-electron chi connectivity index (χ2n) is 5.93. The summed E-state index contributed by atoms with van der Waals surface area (Å²) in [4.78, 5) is 17.3. The highest BCUT2D eigenvalue weighted by Crippen LogP contribution is 2.30. The van der Waals surface area contributed by atoms with Gasteiger partial charge in [-0.05, 0) is 25.4 Å². The summed E-state index contributed by atoms with van der Waals surface area (Å²) in [5, 5.41) is 10.5. The number of aliphatic imine (C=N–C) groups is 3. The van der Waals surface area contributed by atoms with E-state index >= 15 is 0 Å². The molecule has 2 unspecified atom stereocenters. The molecule has 2 atom stereocenters. The fourth-order valence-corrected chi connectivity index (χ4v) is 3.07. The molecule has 3 heterocycles. The van der Waals surface area contributed by atoms with Crippen LogP contribution in [0.15, 0.2) is 27.8 Å². The normalized spacial score (nSPS) is 28.8. The van der Waals surface area contributed by atoms with Gasteiger partial charge in [0.15, 0.2) is 12.2 Å². The highest BCUT2D eigenvalue weighted by atomic mass is 35.5. The Morgan fingerprint density at radius 2 is 2.05 bits per heavy atom. The quantitative estimate of drug-likeness (QED) is 0.757. The largest absolute Gasteiger partial charge is 0.383 e. The summed E-state index contributed by atoms with van der Waals surface area (Å²) in [6.07, 6.45) is 1.28. The molecule has 1 saturated heterocycles. The number of aliphatic hydroxyl groups is 1. The zero-order valence-electron chi connectivity index (χ0n) is 12.7. The molecule has 0 saturated carbocycles. The highest BCUT2D eigenvalue weighted by Gasteiger charge is 2.46. The zero-order valence-corrected chi connectivity index (χ0v) is 13.5. The number of morpholine rings is 1. The van der Waals surface area contributed by atoms with Crippen LogP contribution >= 0.6 is 11.6 Å². The number of amidine groups is 3. The number of nitrogens with zero attached hydrogens (tertiary/aromatic N) is 5. The molecule has 1 fully saturated rings. The van der Waals surface area contributed by atoms with Gasteiger partial charge in [0.1, 0.15) is 17.3 Å². The Labute approximate surface area is 134 Å². The van der Waals surface area contributed by atoms with Gasteiger partial charge < -0.3 is 19.6 Å². The second-order valence-corrected chi connectivity index (χ2v) is 6.27. The molecule has 0 aromatic heterocycles. The molecule has 120 valence electrons. The Bertz CT molecular complexity index is 560. The molecule has 7 nitrogen and oxygen atoms in total. The van der Waals surface area contributed by atoms with E-state index in [1.807, 2.05) is 0 Å². The first-order valence-electron chi connectivity index (χ1n) is 7.28. The van der Waals surface area contributed by atoms with Gasteiger partial charge in [0.05, 0.1) is 13.2 Å². The van der Waals surface area contributed by atoms with Crippen molar-refractivity contribution >= 4 is 28.6 Å². The van der Waals surface area contributed by atoms with Crippen molar-refractivity contribution in [3.63, 3.8) is 0 Å². The molecule has 0 bridgehead atoms. The number of hydrogen-bond donors (Lipinski definition) is 1. The van der Waals surface area contributed by atoms with Crippen molar-refractivity contribution in [2.24, 2.45) is 15.0 Å². The predicted octanol–water partition coefficient (Wildman–Crippen LogP) is 0.649. The third-order valence-electron chi connectivity index (χ3n) is 3.86. The average Bonchev–Trinajstić information content (AvgIpc) is 2.85. The molecule has 22 heavy (non-hydrogen) atoms. The van der Waals surface area contributed by atoms with Gasteiger partial charge in [0.25, 0.3) is 0 Å². The van der Waals surface area contributed by atoms with E-state index in [0.29, 0.717) is 19.0 Å². The van der Waals surface area contributed by atoms with E-state index in [4.69, 9.17) is 16.3 Å². The molecule has 3 aliphatic heterocycles. The summed E-state index contributed by atoms with van der Waals surface area (Å²) < 4.78 is 5.38. The standard InChI is InChI=1S/C14H20ClN5O2/c1-4-20-11-9(16-12(20)14(2,3)21)10(17-13(15)18-11)19-5-7-22-8-6-19/h4,9,11,21H,1,5-8H2,2-3H3. The van der Waals surface area contributed by atoms with Crippen LogP contribution in [0.5, 0.6) is 0 Å². The van der Waals surface area contributed by atoms with Crippen LogP contribution < -0.4 is 0 Å². The van der Waals surface area contributed by atoms with E-state index in [2.05, 4.69) is 26.5 Å². The maximum Gasteiger partial charge on any atom is 0.221 e. The van der Waals surface area contributed by atoms with E-state index in [0.717, 1.165) is 18.9 Å². The van der Waals surface area contributed by atoms with Gasteiger partial charge in [-0.15, -0.1) is 0 Å². The maximum absolute atomic E-state index is 10.4. The summed E-state index contributed by atoms with van der Waals surface area (Å²) >= 11 is 6.11. The Balaban J connectivity index is 1.97. The smallest absolute Gasteiger partial charge is 0.221 e. The molecule has 0 radical (unpaired) electrons. The van der Waals surface area contributed by atoms with Crippen molar-refractivity contribution < 1.29 is 9.84 Å². The van der Waals surface area contributed by atoms with Crippen molar-refractivity contribution in [2.45, 2.75) is 31.7 Å². The number of ether oxygens (including phenoxy) is 1. The topological polar surface area (TPSA) is 73.0 Å². The van der Waals surface area contributed by atoms with Crippen LogP contribution in [0, 0.1) is 0 Å². The van der Waals surface area contributed by atoms with E-state index in [1.54, 1.807) is 24.9 Å². The van der Waals surface area contributed by atoms with Crippen LogP contribution in [-0.2, 0) is 4.74 Å². The third kappa shape index (κ3) is 2.64. The second kappa shape index (κ2) is 5.64. The SMILES string of the molecule is C=CN1C(C(C)(C)O)=NC2C(N3CCOCC3)=NC(Cl)=NC21. The lowest BCUT2D eigenvalue weighted by Crippen LogP contribution is -2.51. The van der Waals surface area contributed by atoms with Gasteiger partial charge in [-0.3, -0.25) is 4.99 Å². The van der Waals surface area contributed by atoms with Gasteiger partial charge in [-0.2, -0.15) is 0 Å². The molecule has 0 spiro atoms. The fraction of sp³-hybridized carbons (Fsp3) is 0.643. The van der Waals surface area contributed by atoms with Gasteiger partial charge in [0, 0.05) is 19.3 Å². The minimum Gasteiger partial charge on any atom is -0.383 e. The Morgan fingerprint density at radius 3 is 2.64 bits per heavy atom. The van der Waals surface area contributed by atoms with Crippen LogP contribution in [-0.4, -0.2) is 76.0 Å². The lowest BCUT2D eigenvalue weighted by atomic mass is 10.1. The first-order chi connectivity index (χ1) is 10.4. The van der Waals surface area contributed by atoms with Crippen molar-refractivity contribution in [2.75, 3.05) is 26.3 Å². The Kier molecular flexibility index (Phi) is 3.96. The van der Waals surface area contributed by atoms with Crippen LogP contribution in [0.25, 0.3) is 0 Å². The number of rotatable bonds is 2. The van der Waals surface area contributed by atoms with Crippen LogP contribution in [0.1, 0.15) is 13.8 Å². The minimum atomic E-state index is -1.09. The lowest BCUT2D eigenvalue weighted by Gasteiger charge is -2.35. The molecule has 8 heteroatoms. The molecule has 0 aromatic carbocycles. The number of halogens is 1. The average molecular weight is 326 g/mol. The molecule has 0 aliphatic carbocycles. The minimum absolute atomic E-state index is 0.196. The summed E-state index contributed by atoms with van der Waals surface area (Å²) in [7, 11) is 0. The first kappa shape index (κ1) is 15.5. The highest BCUT2D eigenvalue weighted by molar-refractivity contribution is 6.66. The maximum atomic E-state index is 10.4. The first-order valence-corrected chi connectivity index (χ1v) is 7.66. The van der Waals surface area contributed by atoms with E-state index < -0.39 is 5.60 Å². The molecular formula is C14H20ClN5O2. The molecular weight excluding hydrogens is 306 g/mol. The number of fused-ring (bicyclic) bond motifs is 1. The number of hydrogen-bond acceptors (Lipinski definition) is 7. The summed E-state index contributed by atoms with van der Waals surface area (Å²) in [6, 6.07) is -0.292. The van der Waals surface area contributed by atoms with Crippen molar-refractivity contribution in [1.82, 2.24) is 9.80 Å². The van der Waals surface area contributed by atoms with Gasteiger partial charge in [-0.25, -0.2) is 9.98 Å². The third-order valence-corrected chi connectivity index (χ3v) is 4.04. The summed E-state index contributed by atoms with van der Waals surface area (Å²) in [5.74, 6) is 1.30. The molecule has 1 N–H and O–H groups in total. The predicted molar refractivity (Wildman–Crippen MR) is 86.5 cm³/mol. The van der Waals surface area contributed by atoms with Crippen molar-refractivity contribution in [1.29, 1.82) is 0 Å². The van der Waals surface area contributed by atoms with E-state index in [-0.39, 0.29) is 17.5 Å². The Morgan fingerprint density at radius 1 is 1.36 bits per heavy atom. The molecule has 3 rings (SSSR count). The van der Waals surface area contributed by atoms with Gasteiger partial charge >= 0.3 is 0 Å². The molecule has 3 aliphatic rings. The fourth-order valence-electron chi connectivity index (χ4n) is 2.88. The van der Waals surface area contributed by atoms with Crippen LogP contribution in [0.3, 0.4) is 0 Å². The van der Waals surface area contributed by atoms with Crippen molar-refractivity contribution in [3.05, 3.63) is 12.8 Å². The van der Waals surface area contributed by atoms with E-state index in [9.17, 15) is 5.11 Å². The van der Waals surface area contributed by atoms with Crippen LogP contribution in [0.2, 0.25) is 0 Å². The van der Waals surface area contributed by atoms with Crippen molar-refractivity contribution in [3.8, 4) is 0 Å². The molecule has 0 amide bonds. The monoisotopic (exact) mass is 325 g/mol. The summed E-state index contributed by atoms with van der Waals surface area (Å²) in [6.45, 7) is 9.98.